The zero-order chi connectivity index (χ0) is 20.6. The molecule has 0 aromatic rings. The van der Waals surface area contributed by atoms with E-state index >= 15 is 0 Å². The van der Waals surface area contributed by atoms with Gasteiger partial charge < -0.3 is 9.53 Å². The largest absolute Gasteiger partial charge is 0.458 e. The molecule has 4 heteroatoms. The van der Waals surface area contributed by atoms with Crippen LogP contribution in [0.4, 0.5) is 0 Å². The summed E-state index contributed by atoms with van der Waals surface area (Å²) in [7, 11) is 0. The Hall–Kier alpha value is -1.45. The van der Waals surface area contributed by atoms with Crippen molar-refractivity contribution in [1.82, 2.24) is 0 Å². The van der Waals surface area contributed by atoms with E-state index < -0.39 is 0 Å². The molecule has 2 aliphatic carbocycles. The van der Waals surface area contributed by atoms with Crippen molar-refractivity contribution in [1.29, 1.82) is 0 Å². The molecule has 0 unspecified atom stereocenters. The average Bonchev–Trinajstić information content (AvgIpc) is 2.66. The molecule has 1 fully saturated rings. The van der Waals surface area contributed by atoms with Crippen LogP contribution < -0.4 is 0 Å². The Morgan fingerprint density at radius 1 is 1.18 bits per heavy atom. The molecule has 28 heavy (non-hydrogen) atoms. The maximum absolute atomic E-state index is 12.5. The monoisotopic (exact) mass is 390 g/mol. The van der Waals surface area contributed by atoms with Gasteiger partial charge in [-0.1, -0.05) is 59.3 Å². The number of carbonyl (C=O) groups is 3. The van der Waals surface area contributed by atoms with Gasteiger partial charge in [-0.3, -0.25) is 9.59 Å². The zero-order valence-corrected chi connectivity index (χ0v) is 18.0. The quantitative estimate of drug-likeness (QED) is 0.262. The van der Waals surface area contributed by atoms with Crippen LogP contribution in [-0.4, -0.2) is 24.1 Å². The van der Waals surface area contributed by atoms with Crippen molar-refractivity contribution in [3.63, 3.8) is 0 Å². The van der Waals surface area contributed by atoms with Gasteiger partial charge in [-0.2, -0.15) is 0 Å². The van der Waals surface area contributed by atoms with Gasteiger partial charge in [0, 0.05) is 18.8 Å². The second kappa shape index (κ2) is 10.9. The number of unbranched alkanes of at least 4 members (excludes halogenated alkanes) is 6. The normalized spacial score (nSPS) is 29.8. The van der Waals surface area contributed by atoms with Crippen molar-refractivity contribution in [2.24, 2.45) is 17.3 Å². The highest BCUT2D eigenvalue weighted by Gasteiger charge is 2.48. The van der Waals surface area contributed by atoms with Crippen molar-refractivity contribution in [2.75, 3.05) is 0 Å². The Morgan fingerprint density at radius 3 is 2.54 bits per heavy atom. The van der Waals surface area contributed by atoms with Crippen LogP contribution in [0.5, 0.6) is 0 Å². The molecule has 0 aliphatic heterocycles. The van der Waals surface area contributed by atoms with Crippen molar-refractivity contribution in [2.45, 2.75) is 104 Å². The first kappa shape index (κ1) is 22.8. The number of esters is 1. The standard InChI is InChI=1S/C24H38O4/c1-4-5-6-7-8-9-10-11-23(27)28-22-13-12-18(2)24(3)17-19(14-15-25)21(26)16-20(22)24/h15-16,18-19,22H,4-14,17H2,1-3H3/t18-,19+,22+,24+/m1/s1. The summed E-state index contributed by atoms with van der Waals surface area (Å²) in [4.78, 5) is 35.8. The first-order valence-corrected chi connectivity index (χ1v) is 11.3. The second-order valence-electron chi connectivity index (χ2n) is 9.05. The number of allylic oxidation sites excluding steroid dienone is 1. The molecule has 0 heterocycles. The molecule has 0 spiro atoms. The van der Waals surface area contributed by atoms with Crippen LogP contribution in [0.2, 0.25) is 0 Å². The summed E-state index contributed by atoms with van der Waals surface area (Å²) in [5.74, 6) is 0.0653. The first-order valence-electron chi connectivity index (χ1n) is 11.3. The Balaban J connectivity index is 1.89. The molecule has 0 aromatic carbocycles. The number of hydrogen-bond acceptors (Lipinski definition) is 4. The van der Waals surface area contributed by atoms with Gasteiger partial charge in [0.15, 0.2) is 5.78 Å². The van der Waals surface area contributed by atoms with Gasteiger partial charge >= 0.3 is 5.97 Å². The zero-order valence-electron chi connectivity index (χ0n) is 18.0. The summed E-state index contributed by atoms with van der Waals surface area (Å²) < 4.78 is 5.83. The summed E-state index contributed by atoms with van der Waals surface area (Å²) in [5.41, 5.74) is 0.815. The topological polar surface area (TPSA) is 60.4 Å². The fourth-order valence-electron chi connectivity index (χ4n) is 4.87. The molecule has 4 nitrogen and oxygen atoms in total. The third kappa shape index (κ3) is 5.78. The van der Waals surface area contributed by atoms with E-state index in [9.17, 15) is 14.4 Å². The molecule has 0 aromatic heterocycles. The highest BCUT2D eigenvalue weighted by Crippen LogP contribution is 2.52. The van der Waals surface area contributed by atoms with E-state index in [1.807, 2.05) is 0 Å². The van der Waals surface area contributed by atoms with Gasteiger partial charge in [0.2, 0.25) is 0 Å². The predicted octanol–water partition coefficient (Wildman–Crippen LogP) is 5.58. The molecule has 2 aliphatic rings. The summed E-state index contributed by atoms with van der Waals surface area (Å²) in [6.07, 6.45) is 13.7. The van der Waals surface area contributed by atoms with Crippen LogP contribution in [0, 0.1) is 17.3 Å². The van der Waals surface area contributed by atoms with Crippen LogP contribution in [0.1, 0.15) is 97.8 Å². The highest BCUT2D eigenvalue weighted by molar-refractivity contribution is 5.95. The molecular formula is C24H38O4. The van der Waals surface area contributed by atoms with Crippen LogP contribution in [0.25, 0.3) is 0 Å². The van der Waals surface area contributed by atoms with Crippen molar-refractivity contribution < 1.29 is 19.1 Å². The number of ether oxygens (including phenoxy) is 1. The van der Waals surface area contributed by atoms with E-state index in [2.05, 4.69) is 20.8 Å². The maximum Gasteiger partial charge on any atom is 0.306 e. The average molecular weight is 391 g/mol. The number of aldehydes is 1. The minimum Gasteiger partial charge on any atom is -0.458 e. The third-order valence-electron chi connectivity index (χ3n) is 6.97. The predicted molar refractivity (Wildman–Crippen MR) is 111 cm³/mol. The third-order valence-corrected chi connectivity index (χ3v) is 6.97. The number of hydrogen-bond donors (Lipinski definition) is 0. The minimum atomic E-state index is -0.278. The van der Waals surface area contributed by atoms with Gasteiger partial charge in [0.25, 0.3) is 0 Å². The Bertz CT molecular complexity index is 579. The molecule has 0 bridgehead atoms. The van der Waals surface area contributed by atoms with Crippen molar-refractivity contribution in [3.8, 4) is 0 Å². The molecule has 4 atom stereocenters. The number of carbonyl (C=O) groups excluding carboxylic acids is 3. The second-order valence-corrected chi connectivity index (χ2v) is 9.05. The van der Waals surface area contributed by atoms with Crippen molar-refractivity contribution in [3.05, 3.63) is 11.6 Å². The lowest BCUT2D eigenvalue weighted by atomic mass is 9.57. The molecule has 0 amide bonds. The fourth-order valence-corrected chi connectivity index (χ4v) is 4.87. The fraction of sp³-hybridized carbons (Fsp3) is 0.792. The SMILES string of the molecule is CCCCCCCCCC(=O)O[C@H]1CC[C@@H](C)[C@]2(C)C[C@H](CC=O)C(=O)C=C12. The van der Waals surface area contributed by atoms with Gasteiger partial charge in [-0.25, -0.2) is 0 Å². The van der Waals surface area contributed by atoms with E-state index in [4.69, 9.17) is 4.74 Å². The van der Waals surface area contributed by atoms with Crippen LogP contribution >= 0.6 is 0 Å². The number of rotatable bonds is 11. The van der Waals surface area contributed by atoms with Crippen LogP contribution in [0.15, 0.2) is 11.6 Å². The maximum atomic E-state index is 12.5. The summed E-state index contributed by atoms with van der Waals surface area (Å²) >= 11 is 0. The van der Waals surface area contributed by atoms with Gasteiger partial charge in [0.05, 0.1) is 0 Å². The summed E-state index contributed by atoms with van der Waals surface area (Å²) in [6, 6.07) is 0. The summed E-state index contributed by atoms with van der Waals surface area (Å²) in [5, 5.41) is 0. The molecule has 0 saturated heterocycles. The smallest absolute Gasteiger partial charge is 0.306 e. The molecular weight excluding hydrogens is 352 g/mol. The lowest BCUT2D eigenvalue weighted by molar-refractivity contribution is -0.150. The Morgan fingerprint density at radius 2 is 1.86 bits per heavy atom. The Labute approximate surface area is 170 Å². The highest BCUT2D eigenvalue weighted by atomic mass is 16.5. The van der Waals surface area contributed by atoms with E-state index in [0.717, 1.165) is 37.5 Å². The lowest BCUT2D eigenvalue weighted by Gasteiger charge is -2.48. The van der Waals surface area contributed by atoms with Gasteiger partial charge in [0.1, 0.15) is 12.4 Å². The Kier molecular flexibility index (Phi) is 8.91. The van der Waals surface area contributed by atoms with Crippen molar-refractivity contribution >= 4 is 18.0 Å². The van der Waals surface area contributed by atoms with Gasteiger partial charge in [-0.05, 0) is 48.7 Å². The minimum absolute atomic E-state index is 0.0156. The molecule has 0 radical (unpaired) electrons. The molecule has 158 valence electrons. The molecule has 0 N–H and O–H groups in total. The van der Waals surface area contributed by atoms with E-state index in [1.54, 1.807) is 6.08 Å². The summed E-state index contributed by atoms with van der Waals surface area (Å²) in [6.45, 7) is 6.59. The van der Waals surface area contributed by atoms with E-state index in [-0.39, 0.29) is 35.6 Å². The number of fused-ring (bicyclic) bond motifs is 1. The van der Waals surface area contributed by atoms with E-state index in [0.29, 0.717) is 18.8 Å². The number of ketones is 1. The molecule has 2 rings (SSSR count). The van der Waals surface area contributed by atoms with E-state index in [1.165, 1.54) is 32.1 Å². The van der Waals surface area contributed by atoms with Crippen LogP contribution in [0.3, 0.4) is 0 Å². The van der Waals surface area contributed by atoms with Gasteiger partial charge in [-0.15, -0.1) is 0 Å². The lowest BCUT2D eigenvalue weighted by Crippen LogP contribution is -2.45. The molecule has 1 saturated carbocycles. The van der Waals surface area contributed by atoms with Crippen LogP contribution in [-0.2, 0) is 19.1 Å². The first-order chi connectivity index (χ1) is 13.4.